The van der Waals surface area contributed by atoms with E-state index in [0.29, 0.717) is 5.69 Å². The predicted octanol–water partition coefficient (Wildman–Crippen LogP) is 1.23. The van der Waals surface area contributed by atoms with Crippen LogP contribution >= 0.6 is 0 Å². The maximum atomic E-state index is 11.8. The Morgan fingerprint density at radius 2 is 2.24 bits per heavy atom. The number of H-pyrrole nitrogens is 1. The number of furan rings is 1. The normalized spacial score (nSPS) is 10.2. The number of rotatable bonds is 2. The van der Waals surface area contributed by atoms with Crippen molar-refractivity contribution in [2.45, 2.75) is 13.8 Å². The summed E-state index contributed by atoms with van der Waals surface area (Å²) < 4.78 is 5.03. The Balaban J connectivity index is 2.24. The van der Waals surface area contributed by atoms with Gasteiger partial charge in [0.1, 0.15) is 5.82 Å². The molecule has 6 nitrogen and oxygen atoms in total. The maximum absolute atomic E-state index is 11.8. The Morgan fingerprint density at radius 3 is 2.82 bits per heavy atom. The number of aromatic amines is 1. The second-order valence-corrected chi connectivity index (χ2v) is 3.64. The number of nitrogens with one attached hydrogen (secondary N) is 2. The van der Waals surface area contributed by atoms with Crippen LogP contribution in [0.4, 0.5) is 5.82 Å². The van der Waals surface area contributed by atoms with Gasteiger partial charge in [-0.25, -0.2) is 4.79 Å². The summed E-state index contributed by atoms with van der Waals surface area (Å²) in [5, 5.41) is 2.50. The largest absolute Gasteiger partial charge is 0.459 e. The highest BCUT2D eigenvalue weighted by molar-refractivity contribution is 6.02. The number of hydrogen-bond donors (Lipinski definition) is 2. The zero-order valence-corrected chi connectivity index (χ0v) is 9.40. The first-order valence-corrected chi connectivity index (χ1v) is 4.99. The van der Waals surface area contributed by atoms with E-state index in [0.717, 1.165) is 5.56 Å². The SMILES string of the molecule is Cc1cc(NC(=O)c2occc2C)nc(=O)[nH]1. The second-order valence-electron chi connectivity index (χ2n) is 3.64. The molecular weight excluding hydrogens is 222 g/mol. The molecule has 2 aromatic rings. The van der Waals surface area contributed by atoms with Gasteiger partial charge in [0, 0.05) is 17.3 Å². The molecule has 88 valence electrons. The molecule has 1 amide bonds. The van der Waals surface area contributed by atoms with E-state index >= 15 is 0 Å². The molecule has 0 radical (unpaired) electrons. The Labute approximate surface area is 96.7 Å². The van der Waals surface area contributed by atoms with E-state index in [9.17, 15) is 9.59 Å². The van der Waals surface area contributed by atoms with E-state index < -0.39 is 11.6 Å². The summed E-state index contributed by atoms with van der Waals surface area (Å²) in [6, 6.07) is 3.25. The van der Waals surface area contributed by atoms with Crippen LogP contribution in [0.2, 0.25) is 0 Å². The topological polar surface area (TPSA) is 88.0 Å². The van der Waals surface area contributed by atoms with Crippen LogP contribution in [0.15, 0.2) is 27.6 Å². The van der Waals surface area contributed by atoms with Crippen molar-refractivity contribution >= 4 is 11.7 Å². The van der Waals surface area contributed by atoms with E-state index in [1.54, 1.807) is 26.0 Å². The molecule has 0 saturated heterocycles. The first-order chi connectivity index (χ1) is 8.06. The fourth-order valence-electron chi connectivity index (χ4n) is 1.42. The summed E-state index contributed by atoms with van der Waals surface area (Å²) in [5.41, 5.74) is 0.844. The first kappa shape index (κ1) is 11.1. The van der Waals surface area contributed by atoms with Crippen LogP contribution in [-0.4, -0.2) is 15.9 Å². The van der Waals surface area contributed by atoms with Gasteiger partial charge in [-0.15, -0.1) is 0 Å². The van der Waals surface area contributed by atoms with Gasteiger partial charge in [0.05, 0.1) is 6.26 Å². The zero-order chi connectivity index (χ0) is 12.4. The summed E-state index contributed by atoms with van der Waals surface area (Å²) in [4.78, 5) is 29.0. The molecule has 0 atom stereocenters. The minimum atomic E-state index is -0.503. The third kappa shape index (κ3) is 2.41. The standard InChI is InChI=1S/C11H11N3O3/c1-6-3-4-17-9(6)10(15)13-8-5-7(2)12-11(16)14-8/h3-5H,1-2H3,(H2,12,13,14,15,16). The lowest BCUT2D eigenvalue weighted by atomic mass is 10.2. The molecule has 2 heterocycles. The monoisotopic (exact) mass is 233 g/mol. The smallest absolute Gasteiger partial charge is 0.347 e. The van der Waals surface area contributed by atoms with Crippen LogP contribution in [-0.2, 0) is 0 Å². The van der Waals surface area contributed by atoms with Crippen molar-refractivity contribution in [2.24, 2.45) is 0 Å². The van der Waals surface area contributed by atoms with Crippen molar-refractivity contribution < 1.29 is 9.21 Å². The van der Waals surface area contributed by atoms with Gasteiger partial charge in [-0.1, -0.05) is 0 Å². The second kappa shape index (κ2) is 4.25. The molecule has 0 fully saturated rings. The molecule has 17 heavy (non-hydrogen) atoms. The Morgan fingerprint density at radius 1 is 1.47 bits per heavy atom. The fourth-order valence-corrected chi connectivity index (χ4v) is 1.42. The van der Waals surface area contributed by atoms with Gasteiger partial charge in [-0.3, -0.25) is 4.79 Å². The Bertz CT molecular complexity index is 612. The van der Waals surface area contributed by atoms with Gasteiger partial charge in [0.15, 0.2) is 5.76 Å². The minimum absolute atomic E-state index is 0.201. The fraction of sp³-hybridized carbons (Fsp3) is 0.182. The number of amides is 1. The van der Waals surface area contributed by atoms with Crippen LogP contribution in [0.3, 0.4) is 0 Å². The molecule has 6 heteroatoms. The average Bonchev–Trinajstić information content (AvgIpc) is 2.62. The molecule has 0 aliphatic heterocycles. The molecule has 2 rings (SSSR count). The van der Waals surface area contributed by atoms with Crippen LogP contribution in [0.5, 0.6) is 0 Å². The summed E-state index contributed by atoms with van der Waals surface area (Å²) in [6.07, 6.45) is 1.43. The van der Waals surface area contributed by atoms with Crippen molar-refractivity contribution in [1.29, 1.82) is 0 Å². The predicted molar refractivity (Wildman–Crippen MR) is 61.0 cm³/mol. The van der Waals surface area contributed by atoms with Gasteiger partial charge >= 0.3 is 5.69 Å². The summed E-state index contributed by atoms with van der Waals surface area (Å²) in [5.74, 6) is -0.0122. The third-order valence-corrected chi connectivity index (χ3v) is 2.19. The van der Waals surface area contributed by atoms with E-state index in [1.165, 1.54) is 6.26 Å². The van der Waals surface area contributed by atoms with Gasteiger partial charge < -0.3 is 14.7 Å². The lowest BCUT2D eigenvalue weighted by molar-refractivity contribution is 0.0995. The molecular formula is C11H11N3O3. The molecule has 2 aromatic heterocycles. The highest BCUT2D eigenvalue weighted by Crippen LogP contribution is 2.11. The number of aromatic nitrogens is 2. The van der Waals surface area contributed by atoms with E-state index in [1.807, 2.05) is 0 Å². The van der Waals surface area contributed by atoms with Crippen LogP contribution in [0, 0.1) is 13.8 Å². The molecule has 2 N–H and O–H groups in total. The van der Waals surface area contributed by atoms with E-state index in [-0.39, 0.29) is 11.6 Å². The van der Waals surface area contributed by atoms with Gasteiger partial charge in [0.2, 0.25) is 0 Å². The molecule has 0 unspecified atom stereocenters. The Hall–Kier alpha value is -2.37. The lowest BCUT2D eigenvalue weighted by Crippen LogP contribution is -2.19. The highest BCUT2D eigenvalue weighted by atomic mass is 16.3. The first-order valence-electron chi connectivity index (χ1n) is 4.99. The van der Waals surface area contributed by atoms with E-state index in [4.69, 9.17) is 4.42 Å². The van der Waals surface area contributed by atoms with Crippen LogP contribution in [0.25, 0.3) is 0 Å². The maximum Gasteiger partial charge on any atom is 0.347 e. The Kier molecular flexibility index (Phi) is 2.78. The van der Waals surface area contributed by atoms with Gasteiger partial charge in [-0.05, 0) is 19.9 Å². The number of carbonyl (C=O) groups is 1. The minimum Gasteiger partial charge on any atom is -0.459 e. The van der Waals surface area contributed by atoms with Crippen molar-refractivity contribution in [2.75, 3.05) is 5.32 Å². The molecule has 0 saturated carbocycles. The number of carbonyl (C=O) groups excluding carboxylic acids is 1. The van der Waals surface area contributed by atoms with Crippen LogP contribution < -0.4 is 11.0 Å². The summed E-state index contributed by atoms with van der Waals surface area (Å²) in [6.45, 7) is 3.46. The van der Waals surface area contributed by atoms with Gasteiger partial charge in [-0.2, -0.15) is 4.98 Å². The van der Waals surface area contributed by atoms with Crippen molar-refractivity contribution in [1.82, 2.24) is 9.97 Å². The summed E-state index contributed by atoms with van der Waals surface area (Å²) >= 11 is 0. The molecule has 0 aromatic carbocycles. The van der Waals surface area contributed by atoms with Crippen LogP contribution in [0.1, 0.15) is 21.8 Å². The third-order valence-electron chi connectivity index (χ3n) is 2.19. The molecule has 0 aliphatic rings. The molecule has 0 spiro atoms. The van der Waals surface area contributed by atoms with Crippen molar-refractivity contribution in [3.8, 4) is 0 Å². The van der Waals surface area contributed by atoms with Crippen molar-refractivity contribution in [3.63, 3.8) is 0 Å². The summed E-state index contributed by atoms with van der Waals surface area (Å²) in [7, 11) is 0. The number of aryl methyl sites for hydroxylation is 2. The molecule has 0 aliphatic carbocycles. The number of nitrogens with zero attached hydrogens (tertiary/aromatic N) is 1. The number of anilines is 1. The zero-order valence-electron chi connectivity index (χ0n) is 9.40. The van der Waals surface area contributed by atoms with E-state index in [2.05, 4.69) is 15.3 Å². The average molecular weight is 233 g/mol. The van der Waals surface area contributed by atoms with Crippen molar-refractivity contribution in [3.05, 3.63) is 45.9 Å². The number of hydrogen-bond acceptors (Lipinski definition) is 4. The lowest BCUT2D eigenvalue weighted by Gasteiger charge is -2.03. The quantitative estimate of drug-likeness (QED) is 0.816. The highest BCUT2D eigenvalue weighted by Gasteiger charge is 2.13. The molecule has 0 bridgehead atoms. The van der Waals surface area contributed by atoms with Gasteiger partial charge in [0.25, 0.3) is 5.91 Å².